The van der Waals surface area contributed by atoms with Crippen molar-refractivity contribution in [2.45, 2.75) is 33.2 Å². The summed E-state index contributed by atoms with van der Waals surface area (Å²) in [5, 5.41) is 11.1. The molecule has 5 heteroatoms. The normalized spacial score (nSPS) is 11.2. The molecule has 2 aromatic rings. The molecule has 0 aliphatic rings. The fraction of sp³-hybridized carbons (Fsp3) is 0.429. The van der Waals surface area contributed by atoms with E-state index >= 15 is 0 Å². The number of halogens is 1. The van der Waals surface area contributed by atoms with Gasteiger partial charge in [-0.25, -0.2) is 4.39 Å². The molecular weight excluding hydrogens is 245 g/mol. The summed E-state index contributed by atoms with van der Waals surface area (Å²) in [5.41, 5.74) is 1.21. The molecule has 0 unspecified atom stereocenters. The number of hydrogen-bond donors (Lipinski definition) is 1. The average molecular weight is 263 g/mol. The Morgan fingerprint density at radius 3 is 2.79 bits per heavy atom. The zero-order chi connectivity index (χ0) is 13.8. The number of rotatable bonds is 5. The minimum atomic E-state index is -0.337. The van der Waals surface area contributed by atoms with Crippen molar-refractivity contribution in [2.24, 2.45) is 0 Å². The van der Waals surface area contributed by atoms with E-state index in [4.69, 9.17) is 4.42 Å². The fourth-order valence-electron chi connectivity index (χ4n) is 1.72. The van der Waals surface area contributed by atoms with Gasteiger partial charge >= 0.3 is 0 Å². The van der Waals surface area contributed by atoms with E-state index in [-0.39, 0.29) is 11.7 Å². The van der Waals surface area contributed by atoms with Gasteiger partial charge in [0.2, 0.25) is 5.89 Å². The van der Waals surface area contributed by atoms with Crippen molar-refractivity contribution in [2.75, 3.05) is 6.54 Å². The molecule has 0 fully saturated rings. The van der Waals surface area contributed by atoms with Crippen molar-refractivity contribution in [3.05, 3.63) is 35.5 Å². The second kappa shape index (κ2) is 5.93. The molecule has 19 heavy (non-hydrogen) atoms. The number of benzene rings is 1. The van der Waals surface area contributed by atoms with Gasteiger partial charge in [-0.3, -0.25) is 0 Å². The monoisotopic (exact) mass is 263 g/mol. The van der Waals surface area contributed by atoms with E-state index in [0.717, 1.165) is 12.1 Å². The number of nitrogens with zero attached hydrogens (tertiary/aromatic N) is 2. The first kappa shape index (κ1) is 13.7. The molecule has 0 saturated heterocycles. The summed E-state index contributed by atoms with van der Waals surface area (Å²) in [6, 6.07) is 5.35. The van der Waals surface area contributed by atoms with Gasteiger partial charge in [-0.05, 0) is 24.6 Å². The highest BCUT2D eigenvalue weighted by molar-refractivity contribution is 5.54. The predicted octanol–water partition coefficient (Wildman–Crippen LogP) is 2.72. The first-order valence-corrected chi connectivity index (χ1v) is 6.38. The Morgan fingerprint density at radius 2 is 2.11 bits per heavy atom. The fourth-order valence-corrected chi connectivity index (χ4v) is 1.72. The van der Waals surface area contributed by atoms with Crippen molar-refractivity contribution in [1.82, 2.24) is 15.5 Å². The highest BCUT2D eigenvalue weighted by Crippen LogP contribution is 2.22. The molecule has 1 N–H and O–H groups in total. The van der Waals surface area contributed by atoms with Crippen LogP contribution in [0.5, 0.6) is 0 Å². The highest BCUT2D eigenvalue weighted by atomic mass is 19.1. The highest BCUT2D eigenvalue weighted by Gasteiger charge is 2.12. The molecule has 0 atom stereocenters. The summed E-state index contributed by atoms with van der Waals surface area (Å²) in [5.74, 6) is 0.413. The Hall–Kier alpha value is -1.75. The Labute approximate surface area is 112 Å². The minimum absolute atomic E-state index is 0.233. The molecule has 0 aliphatic heterocycles. The molecular formula is C14H18FN3O. The van der Waals surface area contributed by atoms with Crippen LogP contribution in [0.2, 0.25) is 0 Å². The molecule has 1 aromatic carbocycles. The lowest BCUT2D eigenvalue weighted by molar-refractivity contribution is 0.482. The maximum Gasteiger partial charge on any atom is 0.250 e. The summed E-state index contributed by atoms with van der Waals surface area (Å²) in [7, 11) is 0. The van der Waals surface area contributed by atoms with Gasteiger partial charge in [-0.2, -0.15) is 0 Å². The van der Waals surface area contributed by atoms with Gasteiger partial charge in [0.15, 0.2) is 0 Å². The van der Waals surface area contributed by atoms with Crippen molar-refractivity contribution in [1.29, 1.82) is 0 Å². The van der Waals surface area contributed by atoms with Crippen LogP contribution in [-0.2, 0) is 6.42 Å². The Balaban J connectivity index is 2.08. The van der Waals surface area contributed by atoms with Gasteiger partial charge in [-0.1, -0.05) is 19.9 Å². The van der Waals surface area contributed by atoms with Crippen LogP contribution in [0.15, 0.2) is 22.6 Å². The molecule has 0 radical (unpaired) electrons. The molecule has 0 amide bonds. The lowest BCUT2D eigenvalue weighted by Crippen LogP contribution is -2.25. The number of nitrogens with one attached hydrogen (secondary N) is 1. The minimum Gasteiger partial charge on any atom is -0.421 e. The van der Waals surface area contributed by atoms with Gasteiger partial charge in [0.1, 0.15) is 5.82 Å². The molecule has 0 spiro atoms. The average Bonchev–Trinajstić information content (AvgIpc) is 2.77. The lowest BCUT2D eigenvalue weighted by atomic mass is 10.1. The van der Waals surface area contributed by atoms with Crippen LogP contribution in [0.4, 0.5) is 4.39 Å². The smallest absolute Gasteiger partial charge is 0.250 e. The third-order valence-electron chi connectivity index (χ3n) is 2.71. The van der Waals surface area contributed by atoms with Gasteiger partial charge in [0.25, 0.3) is 5.89 Å². The van der Waals surface area contributed by atoms with Gasteiger partial charge in [0, 0.05) is 19.0 Å². The summed E-state index contributed by atoms with van der Waals surface area (Å²) in [6.07, 6.45) is 0.638. The molecule has 0 bridgehead atoms. The Kier molecular flexibility index (Phi) is 4.27. The summed E-state index contributed by atoms with van der Waals surface area (Å²) >= 11 is 0. The van der Waals surface area contributed by atoms with E-state index < -0.39 is 0 Å². The number of aryl methyl sites for hydroxylation is 1. The van der Waals surface area contributed by atoms with E-state index in [1.807, 2.05) is 13.0 Å². The number of aromatic nitrogens is 2. The second-order valence-corrected chi connectivity index (χ2v) is 4.84. The number of hydrogen-bond acceptors (Lipinski definition) is 4. The third kappa shape index (κ3) is 3.61. The van der Waals surface area contributed by atoms with Crippen LogP contribution in [0, 0.1) is 12.7 Å². The van der Waals surface area contributed by atoms with E-state index in [1.54, 1.807) is 6.07 Å². The largest absolute Gasteiger partial charge is 0.421 e. The summed E-state index contributed by atoms with van der Waals surface area (Å²) in [6.45, 7) is 6.74. The lowest BCUT2D eigenvalue weighted by Gasteiger charge is -2.04. The molecule has 0 aliphatic carbocycles. The third-order valence-corrected chi connectivity index (χ3v) is 2.71. The van der Waals surface area contributed by atoms with Crippen LogP contribution in [0.25, 0.3) is 11.5 Å². The first-order valence-electron chi connectivity index (χ1n) is 6.38. The van der Waals surface area contributed by atoms with E-state index in [2.05, 4.69) is 29.4 Å². The van der Waals surface area contributed by atoms with Gasteiger partial charge in [0.05, 0.1) is 5.56 Å². The Morgan fingerprint density at radius 1 is 1.32 bits per heavy atom. The van der Waals surface area contributed by atoms with Gasteiger partial charge < -0.3 is 9.73 Å². The molecule has 102 valence electrons. The van der Waals surface area contributed by atoms with Crippen LogP contribution in [0.1, 0.15) is 25.3 Å². The van der Waals surface area contributed by atoms with Crippen LogP contribution >= 0.6 is 0 Å². The zero-order valence-corrected chi connectivity index (χ0v) is 11.4. The van der Waals surface area contributed by atoms with E-state index in [1.165, 1.54) is 6.07 Å². The van der Waals surface area contributed by atoms with Crippen LogP contribution < -0.4 is 5.32 Å². The van der Waals surface area contributed by atoms with Crippen LogP contribution in [-0.4, -0.2) is 22.8 Å². The van der Waals surface area contributed by atoms with Crippen molar-refractivity contribution in [3.8, 4) is 11.5 Å². The molecule has 1 heterocycles. The quantitative estimate of drug-likeness (QED) is 0.901. The van der Waals surface area contributed by atoms with Crippen LogP contribution in [0.3, 0.4) is 0 Å². The maximum absolute atomic E-state index is 13.8. The first-order chi connectivity index (χ1) is 9.06. The second-order valence-electron chi connectivity index (χ2n) is 4.84. The summed E-state index contributed by atoms with van der Waals surface area (Å²) in [4.78, 5) is 0. The van der Waals surface area contributed by atoms with Crippen molar-refractivity contribution < 1.29 is 8.81 Å². The van der Waals surface area contributed by atoms with E-state index in [9.17, 15) is 4.39 Å². The zero-order valence-electron chi connectivity index (χ0n) is 11.4. The standard InChI is InChI=1S/C14H18FN3O/c1-9(2)16-7-6-13-17-18-14(19-13)11-5-4-10(3)8-12(11)15/h4-5,8-9,16H,6-7H2,1-3H3. The van der Waals surface area contributed by atoms with Crippen molar-refractivity contribution >= 4 is 0 Å². The topological polar surface area (TPSA) is 51.0 Å². The Bertz CT molecular complexity index is 551. The van der Waals surface area contributed by atoms with Gasteiger partial charge in [-0.15, -0.1) is 10.2 Å². The SMILES string of the molecule is Cc1ccc(-c2nnc(CCNC(C)C)o2)c(F)c1. The molecule has 2 rings (SSSR count). The van der Waals surface area contributed by atoms with E-state index in [0.29, 0.717) is 23.9 Å². The molecule has 1 aromatic heterocycles. The van der Waals surface area contributed by atoms with Crippen molar-refractivity contribution in [3.63, 3.8) is 0 Å². The summed E-state index contributed by atoms with van der Waals surface area (Å²) < 4.78 is 19.2. The molecule has 4 nitrogen and oxygen atoms in total. The maximum atomic E-state index is 13.8. The predicted molar refractivity (Wildman–Crippen MR) is 71.3 cm³/mol. The molecule has 0 saturated carbocycles.